The van der Waals surface area contributed by atoms with E-state index in [9.17, 15) is 21.2 Å². The lowest BCUT2D eigenvalue weighted by Crippen LogP contribution is -2.32. The van der Waals surface area contributed by atoms with Gasteiger partial charge in [0, 0.05) is 38.6 Å². The van der Waals surface area contributed by atoms with Gasteiger partial charge in [0.25, 0.3) is 0 Å². The summed E-state index contributed by atoms with van der Waals surface area (Å²) in [4.78, 5) is 1.86. The fraction of sp³-hybridized carbons (Fsp3) is 0.455. The molecule has 2 aromatic carbocycles. The maximum atomic E-state index is 13.3. The lowest BCUT2D eigenvalue weighted by Gasteiger charge is -2.25. The van der Waals surface area contributed by atoms with Crippen LogP contribution in [-0.4, -0.2) is 47.5 Å². The van der Waals surface area contributed by atoms with E-state index in [1.165, 1.54) is 16.4 Å². The van der Waals surface area contributed by atoms with E-state index in [0.29, 0.717) is 24.1 Å². The number of unbranched alkanes of at least 4 members (excludes halogenated alkanes) is 1. The lowest BCUT2D eigenvalue weighted by molar-refractivity contribution is 0.406. The fourth-order valence-electron chi connectivity index (χ4n) is 3.26. The van der Waals surface area contributed by atoms with E-state index in [-0.39, 0.29) is 23.7 Å². The molecule has 2 aromatic rings. The van der Waals surface area contributed by atoms with Gasteiger partial charge in [0.2, 0.25) is 20.0 Å². The van der Waals surface area contributed by atoms with Crippen molar-refractivity contribution in [3.63, 3.8) is 0 Å². The zero-order valence-corrected chi connectivity index (χ0v) is 20.6. The molecule has 0 saturated heterocycles. The third-order valence-electron chi connectivity index (χ3n) is 4.87. The van der Waals surface area contributed by atoms with Gasteiger partial charge in [0.1, 0.15) is 5.82 Å². The first-order valence-corrected chi connectivity index (χ1v) is 13.7. The molecule has 0 unspecified atom stereocenters. The largest absolute Gasteiger partial charge is 0.377 e. The topological polar surface area (TPSA) is 86.8 Å². The highest BCUT2D eigenvalue weighted by Gasteiger charge is 2.25. The minimum absolute atomic E-state index is 0.00942. The normalized spacial score (nSPS) is 12.2. The molecule has 0 atom stereocenters. The zero-order chi connectivity index (χ0) is 23.9. The maximum Gasteiger partial charge on any atom is 0.243 e. The van der Waals surface area contributed by atoms with Crippen molar-refractivity contribution in [3.8, 4) is 0 Å². The van der Waals surface area contributed by atoms with Crippen molar-refractivity contribution in [2.24, 2.45) is 0 Å². The van der Waals surface area contributed by atoms with Crippen molar-refractivity contribution in [1.29, 1.82) is 0 Å². The summed E-state index contributed by atoms with van der Waals surface area (Å²) in [6.07, 6.45) is 1.90. The van der Waals surface area contributed by atoms with Gasteiger partial charge in [-0.25, -0.2) is 21.2 Å². The number of halogens is 1. The zero-order valence-electron chi connectivity index (χ0n) is 19.0. The van der Waals surface area contributed by atoms with Crippen LogP contribution in [0.1, 0.15) is 38.7 Å². The first-order chi connectivity index (χ1) is 15.0. The number of benzene rings is 2. The summed E-state index contributed by atoms with van der Waals surface area (Å²) >= 11 is 0. The van der Waals surface area contributed by atoms with Crippen LogP contribution in [0.15, 0.2) is 47.4 Å². The lowest BCUT2D eigenvalue weighted by atomic mass is 10.1. The van der Waals surface area contributed by atoms with E-state index in [1.807, 2.05) is 32.8 Å². The molecule has 10 heteroatoms. The van der Waals surface area contributed by atoms with Crippen LogP contribution in [0.4, 0.5) is 15.8 Å². The number of nitrogens with one attached hydrogen (secondary N) is 1. The number of rotatable bonds is 12. The van der Waals surface area contributed by atoms with Gasteiger partial charge >= 0.3 is 0 Å². The van der Waals surface area contributed by atoms with Gasteiger partial charge in [-0.1, -0.05) is 20.3 Å². The van der Waals surface area contributed by atoms with Crippen molar-refractivity contribution < 1.29 is 21.2 Å². The molecule has 0 aromatic heterocycles. The van der Waals surface area contributed by atoms with Crippen molar-refractivity contribution in [1.82, 2.24) is 4.31 Å². The molecule has 0 aliphatic rings. The van der Waals surface area contributed by atoms with Crippen LogP contribution < -0.4 is 9.62 Å². The minimum Gasteiger partial charge on any atom is -0.377 e. The van der Waals surface area contributed by atoms with Gasteiger partial charge in [-0.2, -0.15) is 4.31 Å². The van der Waals surface area contributed by atoms with Crippen LogP contribution in [0.5, 0.6) is 0 Å². The Hall–Kier alpha value is -2.17. The highest BCUT2D eigenvalue weighted by molar-refractivity contribution is 7.92. The van der Waals surface area contributed by atoms with Crippen LogP contribution in [0.3, 0.4) is 0 Å². The number of nitrogens with zero attached hydrogens (tertiary/aromatic N) is 2. The molecule has 178 valence electrons. The van der Waals surface area contributed by atoms with E-state index >= 15 is 0 Å². The predicted octanol–water partition coefficient (Wildman–Crippen LogP) is 4.03. The van der Waals surface area contributed by atoms with Crippen molar-refractivity contribution in [3.05, 3.63) is 53.8 Å². The third kappa shape index (κ3) is 6.91. The Bertz CT molecular complexity index is 1100. The molecular weight excluding hydrogens is 453 g/mol. The van der Waals surface area contributed by atoms with E-state index in [0.717, 1.165) is 24.2 Å². The van der Waals surface area contributed by atoms with Gasteiger partial charge in [0.05, 0.1) is 10.6 Å². The SMILES string of the molecule is CCCCS(=O)(=O)Nc1ccc(N(C)C)c(CN(CCC)S(=O)(=O)c2ccc(F)cc2)c1. The molecule has 7 nitrogen and oxygen atoms in total. The molecule has 0 radical (unpaired) electrons. The molecule has 32 heavy (non-hydrogen) atoms. The summed E-state index contributed by atoms with van der Waals surface area (Å²) in [6.45, 7) is 4.10. The molecule has 0 aliphatic carbocycles. The molecular formula is C22H32FN3O4S2. The van der Waals surface area contributed by atoms with Crippen LogP contribution in [-0.2, 0) is 26.6 Å². The number of sulfonamides is 2. The smallest absolute Gasteiger partial charge is 0.243 e. The molecule has 1 N–H and O–H groups in total. The Balaban J connectivity index is 2.42. The Morgan fingerprint density at radius 1 is 0.938 bits per heavy atom. The maximum absolute atomic E-state index is 13.3. The minimum atomic E-state index is -3.87. The van der Waals surface area contributed by atoms with Gasteiger partial charge in [-0.15, -0.1) is 0 Å². The quantitative estimate of drug-likeness (QED) is 0.490. The van der Waals surface area contributed by atoms with Crippen LogP contribution in [0, 0.1) is 5.82 Å². The highest BCUT2D eigenvalue weighted by atomic mass is 32.2. The summed E-state index contributed by atoms with van der Waals surface area (Å²) in [5.74, 6) is -0.487. The van der Waals surface area contributed by atoms with Crippen molar-refractivity contribution in [2.45, 2.75) is 44.6 Å². The first kappa shape index (κ1) is 26.1. The highest BCUT2D eigenvalue weighted by Crippen LogP contribution is 2.28. The van der Waals surface area contributed by atoms with E-state index in [4.69, 9.17) is 0 Å². The van der Waals surface area contributed by atoms with E-state index < -0.39 is 25.9 Å². The Morgan fingerprint density at radius 3 is 2.16 bits per heavy atom. The van der Waals surface area contributed by atoms with Crippen molar-refractivity contribution >= 4 is 31.4 Å². The molecule has 0 amide bonds. The summed E-state index contributed by atoms with van der Waals surface area (Å²) in [7, 11) is -3.69. The Morgan fingerprint density at radius 2 is 1.59 bits per heavy atom. The molecule has 0 saturated carbocycles. The number of hydrogen-bond donors (Lipinski definition) is 1. The summed E-state index contributed by atoms with van der Waals surface area (Å²) in [5.41, 5.74) is 1.82. The second kappa shape index (κ2) is 11.1. The second-order valence-corrected chi connectivity index (χ2v) is 11.6. The fourth-order valence-corrected chi connectivity index (χ4v) is 6.02. The van der Waals surface area contributed by atoms with Gasteiger partial charge in [-0.05, 0) is 60.9 Å². The molecule has 2 rings (SSSR count). The number of anilines is 2. The first-order valence-electron chi connectivity index (χ1n) is 10.6. The Labute approximate surface area is 191 Å². The molecule has 0 spiro atoms. The summed E-state index contributed by atoms with van der Waals surface area (Å²) < 4.78 is 68.3. The third-order valence-corrected chi connectivity index (χ3v) is 8.10. The standard InChI is InChI=1S/C22H32FN3O4S2/c1-5-7-15-31(27,28)24-20-10-13-22(25(3)4)18(16-20)17-26(14-6-2)32(29,30)21-11-8-19(23)9-12-21/h8-13,16,24H,5-7,14-15,17H2,1-4H3. The van der Waals surface area contributed by atoms with E-state index in [2.05, 4.69) is 4.72 Å². The average molecular weight is 486 g/mol. The van der Waals surface area contributed by atoms with Crippen LogP contribution in [0.25, 0.3) is 0 Å². The molecule has 0 heterocycles. The molecule has 0 fully saturated rings. The van der Waals surface area contributed by atoms with Crippen LogP contribution >= 0.6 is 0 Å². The molecule has 0 aliphatic heterocycles. The Kier molecular flexibility index (Phi) is 9.06. The molecule has 0 bridgehead atoms. The van der Waals surface area contributed by atoms with Gasteiger partial charge in [-0.3, -0.25) is 4.72 Å². The van der Waals surface area contributed by atoms with Crippen molar-refractivity contribution in [2.75, 3.05) is 36.0 Å². The average Bonchev–Trinajstić information content (AvgIpc) is 2.72. The summed E-state index contributed by atoms with van der Waals surface area (Å²) in [5, 5.41) is 0. The van der Waals surface area contributed by atoms with E-state index in [1.54, 1.807) is 18.2 Å². The van der Waals surface area contributed by atoms with Crippen LogP contribution in [0.2, 0.25) is 0 Å². The number of hydrogen-bond acceptors (Lipinski definition) is 5. The monoisotopic (exact) mass is 485 g/mol. The predicted molar refractivity (Wildman–Crippen MR) is 127 cm³/mol. The summed E-state index contributed by atoms with van der Waals surface area (Å²) in [6, 6.07) is 9.84. The second-order valence-electron chi connectivity index (χ2n) is 7.80. The van der Waals surface area contributed by atoms with Gasteiger partial charge < -0.3 is 4.90 Å². The van der Waals surface area contributed by atoms with Gasteiger partial charge in [0.15, 0.2) is 0 Å².